The van der Waals surface area contributed by atoms with Crippen LogP contribution >= 0.6 is 15.9 Å². The standard InChI is InChI=1S/C22H25BrN6O2/c23-20-18-9-17(10-24)31-19(18)11-26-21(20)27-15-1-3-16(4-2-15)28-5-7-29(8-6-28)22(12-25)13-30-14-22/h9,11,15-16H,1-8,13-14H2,(H,26,27). The second-order valence-corrected chi connectivity index (χ2v) is 9.52. The zero-order valence-electron chi connectivity index (χ0n) is 17.3. The van der Waals surface area contributed by atoms with Crippen molar-refractivity contribution in [1.29, 1.82) is 10.5 Å². The van der Waals surface area contributed by atoms with Gasteiger partial charge in [0.15, 0.2) is 11.1 Å². The first-order valence-electron chi connectivity index (χ1n) is 10.8. The van der Waals surface area contributed by atoms with E-state index in [0.717, 1.165) is 67.5 Å². The highest BCUT2D eigenvalue weighted by atomic mass is 79.9. The molecule has 0 unspecified atom stereocenters. The van der Waals surface area contributed by atoms with Crippen molar-refractivity contribution >= 4 is 32.7 Å². The van der Waals surface area contributed by atoms with Crippen LogP contribution in [0, 0.1) is 22.7 Å². The van der Waals surface area contributed by atoms with E-state index >= 15 is 0 Å². The summed E-state index contributed by atoms with van der Waals surface area (Å²) in [6, 6.07) is 7.25. The van der Waals surface area contributed by atoms with E-state index in [9.17, 15) is 5.26 Å². The Morgan fingerprint density at radius 2 is 1.87 bits per heavy atom. The van der Waals surface area contributed by atoms with Crippen LogP contribution in [-0.2, 0) is 4.74 Å². The number of piperazine rings is 1. The minimum Gasteiger partial charge on any atom is -0.444 e. The number of nitriles is 2. The molecule has 2 aliphatic heterocycles. The number of hydrogen-bond acceptors (Lipinski definition) is 8. The number of nitrogens with one attached hydrogen (secondary N) is 1. The lowest BCUT2D eigenvalue weighted by molar-refractivity contribution is -0.121. The van der Waals surface area contributed by atoms with Crippen molar-refractivity contribution in [2.75, 3.05) is 44.7 Å². The highest BCUT2D eigenvalue weighted by molar-refractivity contribution is 9.10. The van der Waals surface area contributed by atoms with Crippen molar-refractivity contribution in [2.24, 2.45) is 0 Å². The Bertz CT molecular complexity index is 1040. The number of rotatable bonds is 4. The summed E-state index contributed by atoms with van der Waals surface area (Å²) in [6.07, 6.45) is 6.20. The van der Waals surface area contributed by atoms with Crippen molar-refractivity contribution in [3.05, 3.63) is 22.5 Å². The van der Waals surface area contributed by atoms with E-state index < -0.39 is 0 Å². The van der Waals surface area contributed by atoms with E-state index in [1.165, 1.54) is 0 Å². The van der Waals surface area contributed by atoms with E-state index in [-0.39, 0.29) is 5.54 Å². The number of hydrogen-bond donors (Lipinski definition) is 1. The van der Waals surface area contributed by atoms with Gasteiger partial charge in [-0.05, 0) is 41.6 Å². The number of furan rings is 1. The molecule has 2 aromatic heterocycles. The molecule has 162 valence electrons. The molecular weight excluding hydrogens is 460 g/mol. The van der Waals surface area contributed by atoms with Crippen molar-refractivity contribution in [3.8, 4) is 12.1 Å². The zero-order valence-corrected chi connectivity index (χ0v) is 18.9. The molecule has 2 saturated heterocycles. The fourth-order valence-electron chi connectivity index (χ4n) is 5.04. The third-order valence-electron chi connectivity index (χ3n) is 6.99. The van der Waals surface area contributed by atoms with Gasteiger partial charge in [-0.1, -0.05) is 0 Å². The van der Waals surface area contributed by atoms with Crippen LogP contribution in [-0.4, -0.2) is 71.8 Å². The summed E-state index contributed by atoms with van der Waals surface area (Å²) in [5.74, 6) is 1.10. The van der Waals surface area contributed by atoms with Crippen LogP contribution in [0.4, 0.5) is 5.82 Å². The molecule has 1 aliphatic carbocycles. The molecule has 31 heavy (non-hydrogen) atoms. The summed E-state index contributed by atoms with van der Waals surface area (Å²) in [6.45, 7) is 5.04. The summed E-state index contributed by atoms with van der Waals surface area (Å²) >= 11 is 3.62. The molecule has 4 heterocycles. The third kappa shape index (κ3) is 3.81. The van der Waals surface area contributed by atoms with Gasteiger partial charge in [0.2, 0.25) is 5.76 Å². The number of fused-ring (bicyclic) bond motifs is 1. The van der Waals surface area contributed by atoms with Crippen molar-refractivity contribution in [3.63, 3.8) is 0 Å². The average Bonchev–Trinajstić information content (AvgIpc) is 3.21. The molecule has 2 aromatic rings. The van der Waals surface area contributed by atoms with Crippen LogP contribution in [0.15, 0.2) is 21.2 Å². The Hall–Kier alpha value is -2.17. The number of halogens is 1. The van der Waals surface area contributed by atoms with E-state index in [2.05, 4.69) is 42.1 Å². The quantitative estimate of drug-likeness (QED) is 0.705. The second kappa shape index (κ2) is 8.40. The first kappa shape index (κ1) is 20.7. The van der Waals surface area contributed by atoms with E-state index in [1.807, 2.05) is 6.07 Å². The maximum Gasteiger partial charge on any atom is 0.204 e. The molecule has 0 atom stereocenters. The summed E-state index contributed by atoms with van der Waals surface area (Å²) in [5, 5.41) is 23.0. The molecule has 9 heteroatoms. The van der Waals surface area contributed by atoms with Gasteiger partial charge in [-0.2, -0.15) is 10.5 Å². The normalized spacial score (nSPS) is 26.7. The Balaban J connectivity index is 1.15. The van der Waals surface area contributed by atoms with E-state index in [4.69, 9.17) is 14.4 Å². The van der Waals surface area contributed by atoms with Crippen LogP contribution in [0.3, 0.4) is 0 Å². The minimum atomic E-state index is -0.377. The van der Waals surface area contributed by atoms with Gasteiger partial charge in [-0.25, -0.2) is 4.98 Å². The average molecular weight is 485 g/mol. The van der Waals surface area contributed by atoms with Gasteiger partial charge < -0.3 is 14.5 Å². The van der Waals surface area contributed by atoms with Gasteiger partial charge in [0.1, 0.15) is 11.9 Å². The summed E-state index contributed by atoms with van der Waals surface area (Å²) < 4.78 is 11.6. The van der Waals surface area contributed by atoms with Crippen molar-refractivity contribution in [2.45, 2.75) is 43.3 Å². The zero-order chi connectivity index (χ0) is 21.4. The van der Waals surface area contributed by atoms with E-state index in [0.29, 0.717) is 36.6 Å². The number of pyridine rings is 1. The fourth-order valence-corrected chi connectivity index (χ4v) is 5.57. The van der Waals surface area contributed by atoms with Crippen molar-refractivity contribution in [1.82, 2.24) is 14.8 Å². The number of nitrogens with zero attached hydrogens (tertiary/aromatic N) is 5. The maximum atomic E-state index is 9.53. The molecule has 0 aromatic carbocycles. The summed E-state index contributed by atoms with van der Waals surface area (Å²) in [7, 11) is 0. The lowest BCUT2D eigenvalue weighted by atomic mass is 9.89. The van der Waals surface area contributed by atoms with Gasteiger partial charge >= 0.3 is 0 Å². The van der Waals surface area contributed by atoms with Crippen LogP contribution in [0.2, 0.25) is 0 Å². The smallest absolute Gasteiger partial charge is 0.204 e. The summed E-state index contributed by atoms with van der Waals surface area (Å²) in [5.41, 5.74) is 0.237. The molecule has 3 aliphatic rings. The van der Waals surface area contributed by atoms with Gasteiger partial charge in [-0.3, -0.25) is 9.80 Å². The first-order valence-corrected chi connectivity index (χ1v) is 11.6. The Labute approximate surface area is 189 Å². The maximum absolute atomic E-state index is 9.53. The molecule has 0 bridgehead atoms. The SMILES string of the molecule is N#Cc1cc2c(Br)c(NC3CCC(N4CCN(C5(C#N)COC5)CC4)CC3)ncc2o1. The predicted molar refractivity (Wildman–Crippen MR) is 118 cm³/mol. The van der Waals surface area contributed by atoms with Crippen molar-refractivity contribution < 1.29 is 9.15 Å². The first-order chi connectivity index (χ1) is 15.1. The lowest BCUT2D eigenvalue weighted by Gasteiger charge is -2.49. The molecule has 0 amide bonds. The third-order valence-corrected chi connectivity index (χ3v) is 7.79. The van der Waals surface area contributed by atoms with Crippen LogP contribution in [0.25, 0.3) is 11.0 Å². The van der Waals surface area contributed by atoms with Crippen LogP contribution < -0.4 is 5.32 Å². The molecule has 0 radical (unpaired) electrons. The summed E-state index contributed by atoms with van der Waals surface area (Å²) in [4.78, 5) is 9.41. The monoisotopic (exact) mass is 484 g/mol. The Morgan fingerprint density at radius 1 is 1.13 bits per heavy atom. The minimum absolute atomic E-state index is 0.292. The van der Waals surface area contributed by atoms with Gasteiger partial charge in [0.25, 0.3) is 0 Å². The topological polar surface area (TPSA) is 101 Å². The Kier molecular flexibility index (Phi) is 5.61. The van der Waals surface area contributed by atoms with Gasteiger partial charge in [-0.15, -0.1) is 0 Å². The highest BCUT2D eigenvalue weighted by Gasteiger charge is 2.46. The molecule has 3 fully saturated rings. The lowest BCUT2D eigenvalue weighted by Crippen LogP contribution is -2.66. The van der Waals surface area contributed by atoms with Crippen LogP contribution in [0.1, 0.15) is 31.4 Å². The largest absolute Gasteiger partial charge is 0.444 e. The van der Waals surface area contributed by atoms with Gasteiger partial charge in [0.05, 0.1) is 30.0 Å². The fraction of sp³-hybridized carbons (Fsp3) is 0.591. The molecule has 8 nitrogen and oxygen atoms in total. The molecular formula is C22H25BrN6O2. The molecule has 5 rings (SSSR count). The van der Waals surface area contributed by atoms with Crippen LogP contribution in [0.5, 0.6) is 0 Å². The number of anilines is 1. The number of aromatic nitrogens is 1. The Morgan fingerprint density at radius 3 is 2.48 bits per heavy atom. The van der Waals surface area contributed by atoms with Gasteiger partial charge in [0, 0.05) is 49.7 Å². The second-order valence-electron chi connectivity index (χ2n) is 8.73. The van der Waals surface area contributed by atoms with E-state index in [1.54, 1.807) is 12.3 Å². The number of ether oxygens (including phenoxy) is 1. The predicted octanol–water partition coefficient (Wildman–Crippen LogP) is 3.10. The molecule has 0 spiro atoms. The molecule has 1 N–H and O–H groups in total. The molecule has 1 saturated carbocycles. The highest BCUT2D eigenvalue weighted by Crippen LogP contribution is 2.34.